The molecule has 0 unspecified atom stereocenters. The molecular weight excluding hydrogens is 437 g/mol. The van der Waals surface area contributed by atoms with E-state index in [2.05, 4.69) is 38.8 Å². The van der Waals surface area contributed by atoms with Crippen LogP contribution in [0.2, 0.25) is 0 Å². The molecule has 2 heterocycles. The molecule has 0 bridgehead atoms. The zero-order valence-corrected chi connectivity index (χ0v) is 17.1. The lowest BCUT2D eigenvalue weighted by molar-refractivity contribution is -0.440. The van der Waals surface area contributed by atoms with Gasteiger partial charge in [-0.1, -0.05) is 23.2 Å². The monoisotopic (exact) mass is 452 g/mol. The smallest absolute Gasteiger partial charge is 0.374 e. The number of aryl methyl sites for hydroxylation is 1. The van der Waals surface area contributed by atoms with E-state index in [4.69, 9.17) is 13.1 Å². The van der Waals surface area contributed by atoms with Crippen molar-refractivity contribution in [1.29, 1.82) is 0 Å². The molecule has 3 rings (SSSR count). The summed E-state index contributed by atoms with van der Waals surface area (Å²) in [6.45, 7) is 15.1. The molecule has 1 aliphatic rings. The second-order valence-corrected chi connectivity index (χ2v) is 6.85. The molecule has 0 radical (unpaired) electrons. The number of nitrogens with zero attached hydrogens (tertiary/aromatic N) is 7. The summed E-state index contributed by atoms with van der Waals surface area (Å²) in [5.41, 5.74) is 2.53. The minimum absolute atomic E-state index is 0.0302. The topological polar surface area (TPSA) is 85.0 Å². The average Bonchev–Trinajstić information content (AvgIpc) is 3.04. The standard InChI is InChI=1S/C17H15F3N8O2S/c1-21-14-15(22-2)28(4)16(23-14)25-24-11-8-10-6-5-7-27(3)13(10)9-12(11)26-31-30-29-17(18,19)20/h8-9,26H,5-7H2,3-4H3. The van der Waals surface area contributed by atoms with Gasteiger partial charge in [0.05, 0.1) is 12.7 Å². The van der Waals surface area contributed by atoms with Crippen LogP contribution in [-0.2, 0) is 22.7 Å². The molecular formula is C17H15F3N8O2S. The summed E-state index contributed by atoms with van der Waals surface area (Å²) in [4.78, 5) is 15.7. The molecule has 162 valence electrons. The molecule has 14 heteroatoms. The van der Waals surface area contributed by atoms with Gasteiger partial charge < -0.3 is 19.3 Å². The Labute approximate surface area is 179 Å². The first-order valence-electron chi connectivity index (χ1n) is 8.69. The Morgan fingerprint density at radius 3 is 2.65 bits per heavy atom. The SMILES string of the molecule is [C-]#[N+]c1nc(N=Nc2cc3c(cc2NSOOC(F)(F)F)N(C)CCC3)n(C)c1[N+]#[C-]. The molecule has 0 saturated carbocycles. The van der Waals surface area contributed by atoms with Gasteiger partial charge in [0.25, 0.3) is 11.6 Å². The number of hydrogen-bond acceptors (Lipinski definition) is 8. The number of azo groups is 1. The Hall–Kier alpha value is -3.33. The Bertz CT molecular complexity index is 1090. The molecule has 1 aliphatic heterocycles. The van der Waals surface area contributed by atoms with Gasteiger partial charge >= 0.3 is 12.3 Å². The predicted octanol–water partition coefficient (Wildman–Crippen LogP) is 5.76. The lowest BCUT2D eigenvalue weighted by Crippen LogP contribution is -2.24. The Morgan fingerprint density at radius 1 is 1.23 bits per heavy atom. The Kier molecular flexibility index (Phi) is 6.65. The van der Waals surface area contributed by atoms with E-state index in [-0.39, 0.29) is 29.8 Å². The van der Waals surface area contributed by atoms with Crippen LogP contribution in [0.25, 0.3) is 9.69 Å². The highest BCUT2D eigenvalue weighted by molar-refractivity contribution is 7.95. The van der Waals surface area contributed by atoms with Crippen LogP contribution >= 0.6 is 12.2 Å². The molecule has 10 nitrogen and oxygen atoms in total. The lowest BCUT2D eigenvalue weighted by atomic mass is 10.0. The normalized spacial score (nSPS) is 13.7. The minimum Gasteiger partial charge on any atom is -0.374 e. The van der Waals surface area contributed by atoms with Crippen molar-refractivity contribution in [2.75, 3.05) is 23.2 Å². The molecule has 31 heavy (non-hydrogen) atoms. The molecule has 0 amide bonds. The van der Waals surface area contributed by atoms with Crippen molar-refractivity contribution in [3.8, 4) is 0 Å². The maximum atomic E-state index is 12.1. The van der Waals surface area contributed by atoms with Gasteiger partial charge in [-0.25, -0.2) is 4.57 Å². The molecule has 0 spiro atoms. The lowest BCUT2D eigenvalue weighted by Gasteiger charge is -2.28. The highest BCUT2D eigenvalue weighted by Gasteiger charge is 2.31. The van der Waals surface area contributed by atoms with Gasteiger partial charge in [0, 0.05) is 19.3 Å². The predicted molar refractivity (Wildman–Crippen MR) is 107 cm³/mol. The summed E-state index contributed by atoms with van der Waals surface area (Å²) in [6, 6.07) is 3.48. The first-order chi connectivity index (χ1) is 14.7. The number of rotatable bonds is 6. The van der Waals surface area contributed by atoms with Crippen molar-refractivity contribution >= 4 is 46.9 Å². The molecule has 0 fully saturated rings. The molecule has 0 atom stereocenters. The van der Waals surface area contributed by atoms with Crippen LogP contribution in [0.3, 0.4) is 0 Å². The van der Waals surface area contributed by atoms with E-state index < -0.39 is 6.36 Å². The van der Waals surface area contributed by atoms with E-state index in [1.54, 1.807) is 12.1 Å². The second-order valence-electron chi connectivity index (χ2n) is 6.35. The number of fused-ring (bicyclic) bond motifs is 1. The van der Waals surface area contributed by atoms with E-state index in [1.807, 2.05) is 11.9 Å². The van der Waals surface area contributed by atoms with Crippen LogP contribution in [-0.4, -0.2) is 29.5 Å². The summed E-state index contributed by atoms with van der Waals surface area (Å²) < 4.78 is 44.3. The summed E-state index contributed by atoms with van der Waals surface area (Å²) in [7, 11) is 3.44. The molecule has 0 aliphatic carbocycles. The summed E-state index contributed by atoms with van der Waals surface area (Å²) in [5, 5.41) is 8.17. The largest absolute Gasteiger partial charge is 0.550 e. The zero-order chi connectivity index (χ0) is 22.6. The number of anilines is 2. The Balaban J connectivity index is 1.91. The third-order valence-electron chi connectivity index (χ3n) is 4.34. The minimum atomic E-state index is -4.94. The molecule has 1 aromatic carbocycles. The van der Waals surface area contributed by atoms with Gasteiger partial charge in [0.1, 0.15) is 17.9 Å². The van der Waals surface area contributed by atoms with E-state index >= 15 is 0 Å². The average molecular weight is 452 g/mol. The highest BCUT2D eigenvalue weighted by Crippen LogP contribution is 2.39. The number of halogens is 3. The van der Waals surface area contributed by atoms with Gasteiger partial charge in [-0.2, -0.15) is 0 Å². The van der Waals surface area contributed by atoms with E-state index in [0.717, 1.165) is 30.6 Å². The number of benzene rings is 1. The van der Waals surface area contributed by atoms with Crippen LogP contribution in [0.5, 0.6) is 0 Å². The van der Waals surface area contributed by atoms with E-state index in [0.29, 0.717) is 11.4 Å². The van der Waals surface area contributed by atoms with Crippen LogP contribution < -0.4 is 9.62 Å². The third-order valence-corrected chi connectivity index (χ3v) is 4.78. The second kappa shape index (κ2) is 9.22. The molecule has 1 aromatic heterocycles. The van der Waals surface area contributed by atoms with Crippen LogP contribution in [0, 0.1) is 13.1 Å². The first-order valence-corrected chi connectivity index (χ1v) is 9.43. The van der Waals surface area contributed by atoms with Crippen molar-refractivity contribution in [2.24, 2.45) is 17.3 Å². The summed E-state index contributed by atoms with van der Waals surface area (Å²) in [5.74, 6) is -0.0187. The van der Waals surface area contributed by atoms with Crippen molar-refractivity contribution < 1.29 is 22.4 Å². The van der Waals surface area contributed by atoms with Crippen LogP contribution in [0.15, 0.2) is 22.4 Å². The fourth-order valence-electron chi connectivity index (χ4n) is 2.94. The van der Waals surface area contributed by atoms with Crippen molar-refractivity contribution in [3.05, 3.63) is 40.5 Å². The maximum Gasteiger partial charge on any atom is 0.550 e. The fourth-order valence-corrected chi connectivity index (χ4v) is 3.34. The number of hydrogen-bond donors (Lipinski definition) is 1. The van der Waals surface area contributed by atoms with Crippen LogP contribution in [0.1, 0.15) is 12.0 Å². The molecule has 2 aromatic rings. The van der Waals surface area contributed by atoms with Gasteiger partial charge in [-0.3, -0.25) is 0 Å². The van der Waals surface area contributed by atoms with Gasteiger partial charge in [-0.05, 0) is 30.5 Å². The number of imidazole rings is 1. The van der Waals surface area contributed by atoms with Gasteiger partial charge in [0.15, 0.2) is 0 Å². The van der Waals surface area contributed by atoms with Gasteiger partial charge in [0.2, 0.25) is 0 Å². The molecule has 0 saturated heterocycles. The van der Waals surface area contributed by atoms with Crippen molar-refractivity contribution in [2.45, 2.75) is 19.2 Å². The summed E-state index contributed by atoms with van der Waals surface area (Å²) in [6.07, 6.45) is -3.20. The first kappa shape index (κ1) is 22.4. The maximum absolute atomic E-state index is 12.1. The number of nitrogens with one attached hydrogen (secondary N) is 1. The highest BCUT2D eigenvalue weighted by atomic mass is 32.2. The van der Waals surface area contributed by atoms with E-state index in [9.17, 15) is 13.2 Å². The number of alkyl halides is 3. The Morgan fingerprint density at radius 2 is 2.00 bits per heavy atom. The van der Waals surface area contributed by atoms with Crippen LogP contribution in [0.4, 0.5) is 47.8 Å². The third kappa shape index (κ3) is 5.24. The van der Waals surface area contributed by atoms with Crippen molar-refractivity contribution in [3.63, 3.8) is 0 Å². The van der Waals surface area contributed by atoms with E-state index in [1.165, 1.54) is 11.6 Å². The van der Waals surface area contributed by atoms with Gasteiger partial charge in [-0.15, -0.1) is 27.5 Å². The quantitative estimate of drug-likeness (QED) is 0.114. The fraction of sp³-hybridized carbons (Fsp3) is 0.353. The molecule has 1 N–H and O–H groups in total. The number of aromatic nitrogens is 2. The zero-order valence-electron chi connectivity index (χ0n) is 16.3. The van der Waals surface area contributed by atoms with Crippen molar-refractivity contribution in [1.82, 2.24) is 9.55 Å². The summed E-state index contributed by atoms with van der Waals surface area (Å²) >= 11 is 0.225.